The smallest absolute Gasteiger partial charge is 0.251 e. The lowest BCUT2D eigenvalue weighted by molar-refractivity contribution is 0.0950. The first-order chi connectivity index (χ1) is 11.9. The number of nitriles is 1. The molecule has 1 amide bonds. The zero-order valence-corrected chi connectivity index (χ0v) is 15.0. The Hall–Kier alpha value is -2.78. The average molecular weight is 359 g/mol. The molecule has 0 saturated carbocycles. The fraction of sp³-hybridized carbons (Fsp3) is 0.278. The average Bonchev–Trinajstić information content (AvgIpc) is 2.56. The number of amides is 1. The van der Waals surface area contributed by atoms with Crippen molar-refractivity contribution < 1.29 is 4.79 Å². The Morgan fingerprint density at radius 2 is 2.04 bits per heavy atom. The highest BCUT2D eigenvalue weighted by Gasteiger charge is 2.15. The highest BCUT2D eigenvalue weighted by molar-refractivity contribution is 6.31. The maximum absolute atomic E-state index is 12.5. The van der Waals surface area contributed by atoms with E-state index in [2.05, 4.69) is 15.6 Å². The van der Waals surface area contributed by atoms with E-state index in [-0.39, 0.29) is 29.1 Å². The van der Waals surface area contributed by atoms with Gasteiger partial charge in [0.15, 0.2) is 5.43 Å². The zero-order chi connectivity index (χ0) is 18.6. The Balaban J connectivity index is 2.28. The minimum Gasteiger partial charge on any atom is -0.385 e. The second-order valence-electron chi connectivity index (χ2n) is 5.62. The second-order valence-corrected chi connectivity index (χ2v) is 6.06. The van der Waals surface area contributed by atoms with Gasteiger partial charge in [0.2, 0.25) is 0 Å². The SMILES string of the molecule is CCNc1cc(Cl)cc(C(=O)NCc2c(C#N)[nH]c(C)cc2=O)c1C. The molecule has 2 rings (SSSR count). The van der Waals surface area contributed by atoms with Crippen molar-refractivity contribution in [1.82, 2.24) is 10.3 Å². The summed E-state index contributed by atoms with van der Waals surface area (Å²) in [5.41, 5.74) is 2.66. The fourth-order valence-electron chi connectivity index (χ4n) is 2.54. The lowest BCUT2D eigenvalue weighted by Crippen LogP contribution is -2.28. The van der Waals surface area contributed by atoms with Gasteiger partial charge in [-0.2, -0.15) is 5.26 Å². The Morgan fingerprint density at radius 3 is 2.68 bits per heavy atom. The predicted octanol–water partition coefficient (Wildman–Crippen LogP) is 2.88. The number of H-pyrrole nitrogens is 1. The van der Waals surface area contributed by atoms with Crippen LogP contribution in [-0.4, -0.2) is 17.4 Å². The van der Waals surface area contributed by atoms with E-state index in [1.165, 1.54) is 6.07 Å². The van der Waals surface area contributed by atoms with Gasteiger partial charge in [-0.1, -0.05) is 11.6 Å². The van der Waals surface area contributed by atoms with Gasteiger partial charge < -0.3 is 15.6 Å². The molecule has 0 saturated heterocycles. The largest absolute Gasteiger partial charge is 0.385 e. The Bertz CT molecular complexity index is 913. The molecule has 3 N–H and O–H groups in total. The lowest BCUT2D eigenvalue weighted by atomic mass is 10.1. The number of nitrogens with zero attached hydrogens (tertiary/aromatic N) is 1. The number of carbonyl (C=O) groups is 1. The van der Waals surface area contributed by atoms with Crippen LogP contribution in [0.15, 0.2) is 23.0 Å². The van der Waals surface area contributed by atoms with Crippen molar-refractivity contribution in [2.24, 2.45) is 0 Å². The molecular formula is C18H19ClN4O2. The number of hydrogen-bond acceptors (Lipinski definition) is 4. The molecule has 0 aliphatic rings. The van der Waals surface area contributed by atoms with E-state index in [1.54, 1.807) is 19.1 Å². The maximum atomic E-state index is 12.5. The number of hydrogen-bond donors (Lipinski definition) is 3. The quantitative estimate of drug-likeness (QED) is 0.765. The minimum absolute atomic E-state index is 0.0418. The van der Waals surface area contributed by atoms with Crippen LogP contribution in [0.4, 0.5) is 5.69 Å². The summed E-state index contributed by atoms with van der Waals surface area (Å²) in [5, 5.41) is 15.5. The van der Waals surface area contributed by atoms with E-state index in [4.69, 9.17) is 16.9 Å². The number of benzene rings is 1. The molecule has 0 bridgehead atoms. The van der Waals surface area contributed by atoms with Gasteiger partial charge in [0.05, 0.1) is 5.56 Å². The van der Waals surface area contributed by atoms with Gasteiger partial charge in [0.25, 0.3) is 5.91 Å². The molecule has 0 aliphatic carbocycles. The molecule has 0 spiro atoms. The third-order valence-electron chi connectivity index (χ3n) is 3.79. The third kappa shape index (κ3) is 4.20. The van der Waals surface area contributed by atoms with Crippen molar-refractivity contribution in [3.8, 4) is 6.07 Å². The number of rotatable bonds is 5. The van der Waals surface area contributed by atoms with E-state index in [0.717, 1.165) is 11.3 Å². The van der Waals surface area contributed by atoms with Crippen molar-refractivity contribution in [2.75, 3.05) is 11.9 Å². The van der Waals surface area contributed by atoms with E-state index in [0.29, 0.717) is 22.8 Å². The summed E-state index contributed by atoms with van der Waals surface area (Å²) in [6, 6.07) is 6.69. The number of pyridine rings is 1. The van der Waals surface area contributed by atoms with Gasteiger partial charge in [-0.3, -0.25) is 9.59 Å². The van der Waals surface area contributed by atoms with Crippen LogP contribution in [0, 0.1) is 25.2 Å². The van der Waals surface area contributed by atoms with Crippen molar-refractivity contribution in [3.05, 3.63) is 61.5 Å². The Labute approximate surface area is 150 Å². The Morgan fingerprint density at radius 1 is 1.32 bits per heavy atom. The molecular weight excluding hydrogens is 340 g/mol. The molecule has 6 nitrogen and oxygen atoms in total. The van der Waals surface area contributed by atoms with Gasteiger partial charge in [-0.25, -0.2) is 0 Å². The van der Waals surface area contributed by atoms with Gasteiger partial charge in [-0.05, 0) is 38.5 Å². The summed E-state index contributed by atoms with van der Waals surface area (Å²) in [5.74, 6) is -0.358. The molecule has 1 heterocycles. The van der Waals surface area contributed by atoms with Crippen LogP contribution in [0.1, 0.15) is 39.8 Å². The van der Waals surface area contributed by atoms with Crippen molar-refractivity contribution in [2.45, 2.75) is 27.3 Å². The normalized spacial score (nSPS) is 10.2. The summed E-state index contributed by atoms with van der Waals surface area (Å²) < 4.78 is 0. The highest BCUT2D eigenvalue weighted by Crippen LogP contribution is 2.24. The highest BCUT2D eigenvalue weighted by atomic mass is 35.5. The van der Waals surface area contributed by atoms with Crippen molar-refractivity contribution >= 4 is 23.2 Å². The predicted molar refractivity (Wildman–Crippen MR) is 98.0 cm³/mol. The number of carbonyl (C=O) groups excluding carboxylic acids is 1. The van der Waals surface area contributed by atoms with Crippen LogP contribution in [0.2, 0.25) is 5.02 Å². The summed E-state index contributed by atoms with van der Waals surface area (Å²) in [7, 11) is 0. The van der Waals surface area contributed by atoms with Crippen molar-refractivity contribution in [1.29, 1.82) is 5.26 Å². The first kappa shape index (κ1) is 18.6. The first-order valence-electron chi connectivity index (χ1n) is 7.82. The number of halogens is 1. The van der Waals surface area contributed by atoms with Crippen LogP contribution in [0.25, 0.3) is 0 Å². The van der Waals surface area contributed by atoms with E-state index < -0.39 is 0 Å². The van der Waals surface area contributed by atoms with Crippen LogP contribution in [0.5, 0.6) is 0 Å². The van der Waals surface area contributed by atoms with Crippen LogP contribution in [-0.2, 0) is 6.54 Å². The first-order valence-corrected chi connectivity index (χ1v) is 8.20. The maximum Gasteiger partial charge on any atom is 0.251 e. The summed E-state index contributed by atoms with van der Waals surface area (Å²) >= 11 is 6.09. The third-order valence-corrected chi connectivity index (χ3v) is 4.01. The molecule has 0 aliphatic heterocycles. The fourth-order valence-corrected chi connectivity index (χ4v) is 2.76. The molecule has 0 unspecified atom stereocenters. The molecule has 7 heteroatoms. The van der Waals surface area contributed by atoms with Crippen molar-refractivity contribution in [3.63, 3.8) is 0 Å². The number of aryl methyl sites for hydroxylation is 1. The molecule has 25 heavy (non-hydrogen) atoms. The molecule has 130 valence electrons. The molecule has 0 fully saturated rings. The minimum atomic E-state index is -0.358. The molecule has 0 atom stereocenters. The molecule has 2 aromatic rings. The standard InChI is InChI=1S/C18H19ClN4O2/c1-4-21-15-7-12(19)6-13(11(15)3)18(25)22-9-14-16(8-20)23-10(2)5-17(14)24/h5-7,21H,4,9H2,1-3H3,(H,22,25)(H,23,24). The van der Waals surface area contributed by atoms with Gasteiger partial charge in [-0.15, -0.1) is 0 Å². The summed E-state index contributed by atoms with van der Waals surface area (Å²) in [4.78, 5) is 27.4. The van der Waals surface area contributed by atoms with Crippen LogP contribution < -0.4 is 16.1 Å². The molecule has 1 aromatic carbocycles. The number of aromatic amines is 1. The lowest BCUT2D eigenvalue weighted by Gasteiger charge is -2.14. The van der Waals surface area contributed by atoms with E-state index in [9.17, 15) is 9.59 Å². The second kappa shape index (κ2) is 7.86. The Kier molecular flexibility index (Phi) is 5.84. The van der Waals surface area contributed by atoms with Gasteiger partial charge in [0.1, 0.15) is 11.8 Å². The van der Waals surface area contributed by atoms with E-state index >= 15 is 0 Å². The number of nitrogens with one attached hydrogen (secondary N) is 3. The van der Waals surface area contributed by atoms with Gasteiger partial charge >= 0.3 is 0 Å². The molecule has 0 radical (unpaired) electrons. The van der Waals surface area contributed by atoms with Crippen LogP contribution in [0.3, 0.4) is 0 Å². The summed E-state index contributed by atoms with van der Waals surface area (Å²) in [6.45, 7) is 6.13. The van der Waals surface area contributed by atoms with Gasteiger partial charge in [0, 0.05) is 41.1 Å². The molecule has 1 aromatic heterocycles. The zero-order valence-electron chi connectivity index (χ0n) is 14.3. The monoisotopic (exact) mass is 358 g/mol. The van der Waals surface area contributed by atoms with E-state index in [1.807, 2.05) is 19.9 Å². The number of aromatic nitrogens is 1. The number of anilines is 1. The van der Waals surface area contributed by atoms with Crippen LogP contribution >= 0.6 is 11.6 Å². The topological polar surface area (TPSA) is 97.8 Å². The summed E-state index contributed by atoms with van der Waals surface area (Å²) in [6.07, 6.45) is 0.